The van der Waals surface area contributed by atoms with Gasteiger partial charge in [-0.1, -0.05) is 78.9 Å². The van der Waals surface area contributed by atoms with Crippen LogP contribution in [-0.2, 0) is 6.42 Å². The molecule has 0 aliphatic rings. The fraction of sp³-hybridized carbons (Fsp3) is 0.0870. The smallest absolute Gasteiger partial charge is 0.122 e. The van der Waals surface area contributed by atoms with Crippen LogP contribution in [0.25, 0.3) is 10.8 Å². The highest BCUT2D eigenvalue weighted by atomic mass is 16.3. The lowest BCUT2D eigenvalue weighted by atomic mass is 9.98. The molecule has 0 saturated heterocycles. The van der Waals surface area contributed by atoms with Gasteiger partial charge < -0.3 is 5.11 Å². The molecule has 0 saturated carbocycles. The lowest BCUT2D eigenvalue weighted by molar-refractivity contribution is 0.217. The molecule has 1 heterocycles. The first-order valence-electron chi connectivity index (χ1n) is 8.46. The predicted molar refractivity (Wildman–Crippen MR) is 101 cm³/mol. The average molecular weight is 325 g/mol. The van der Waals surface area contributed by atoms with Gasteiger partial charge in [-0.15, -0.1) is 0 Å². The van der Waals surface area contributed by atoms with Gasteiger partial charge in [0.2, 0.25) is 0 Å². The molecule has 0 amide bonds. The number of pyridine rings is 1. The fourth-order valence-corrected chi connectivity index (χ4v) is 3.17. The maximum atomic E-state index is 10.8. The summed E-state index contributed by atoms with van der Waals surface area (Å²) in [6, 6.07) is 28.5. The van der Waals surface area contributed by atoms with Gasteiger partial charge in [0.1, 0.15) is 6.10 Å². The van der Waals surface area contributed by atoms with Crippen molar-refractivity contribution in [1.82, 2.24) is 4.98 Å². The Morgan fingerprint density at radius 2 is 1.40 bits per heavy atom. The van der Waals surface area contributed by atoms with Crippen molar-refractivity contribution in [1.29, 1.82) is 0 Å². The molecule has 1 unspecified atom stereocenters. The highest BCUT2D eigenvalue weighted by Gasteiger charge is 2.14. The van der Waals surface area contributed by atoms with Crippen LogP contribution in [0.15, 0.2) is 91.1 Å². The average Bonchev–Trinajstić information content (AvgIpc) is 2.68. The molecule has 1 atom stereocenters. The maximum Gasteiger partial charge on any atom is 0.122 e. The third-order valence-corrected chi connectivity index (χ3v) is 4.51. The monoisotopic (exact) mass is 325 g/mol. The summed E-state index contributed by atoms with van der Waals surface area (Å²) in [6.07, 6.45) is 1.92. The van der Waals surface area contributed by atoms with Gasteiger partial charge >= 0.3 is 0 Å². The Morgan fingerprint density at radius 3 is 2.20 bits per heavy atom. The van der Waals surface area contributed by atoms with Crippen LogP contribution >= 0.6 is 0 Å². The van der Waals surface area contributed by atoms with Crippen molar-refractivity contribution in [2.75, 3.05) is 0 Å². The van der Waals surface area contributed by atoms with E-state index in [1.165, 1.54) is 11.1 Å². The lowest BCUT2D eigenvalue weighted by Crippen LogP contribution is -2.03. The van der Waals surface area contributed by atoms with Gasteiger partial charge in [-0.05, 0) is 34.6 Å². The molecule has 0 radical (unpaired) electrons. The standard InChI is InChI=1S/C23H19NO/c25-23(22-21-9-5-4-8-19(21)14-15-24-22)20-12-10-18(11-13-20)16-17-6-2-1-3-7-17/h1-15,23,25H,16H2. The number of hydrogen-bond donors (Lipinski definition) is 1. The molecule has 0 spiro atoms. The summed E-state index contributed by atoms with van der Waals surface area (Å²) in [5.74, 6) is 0. The van der Waals surface area contributed by atoms with E-state index in [0.717, 1.165) is 22.8 Å². The zero-order chi connectivity index (χ0) is 17.1. The van der Waals surface area contributed by atoms with E-state index in [2.05, 4.69) is 41.4 Å². The van der Waals surface area contributed by atoms with Crippen molar-refractivity contribution in [3.8, 4) is 0 Å². The van der Waals surface area contributed by atoms with E-state index in [-0.39, 0.29) is 0 Å². The lowest BCUT2D eigenvalue weighted by Gasteiger charge is -2.14. The van der Waals surface area contributed by atoms with Gasteiger partial charge in [0, 0.05) is 11.6 Å². The Labute approximate surface area is 147 Å². The number of fused-ring (bicyclic) bond motifs is 1. The van der Waals surface area contributed by atoms with E-state index in [0.29, 0.717) is 5.69 Å². The van der Waals surface area contributed by atoms with E-state index >= 15 is 0 Å². The second-order valence-electron chi connectivity index (χ2n) is 6.22. The predicted octanol–water partition coefficient (Wildman–Crippen LogP) is 4.91. The maximum absolute atomic E-state index is 10.8. The minimum Gasteiger partial charge on any atom is -0.382 e. The summed E-state index contributed by atoms with van der Waals surface area (Å²) in [7, 11) is 0. The van der Waals surface area contributed by atoms with Crippen molar-refractivity contribution in [2.24, 2.45) is 0 Å². The molecule has 0 bridgehead atoms. The van der Waals surface area contributed by atoms with Gasteiger partial charge in [0.15, 0.2) is 0 Å². The van der Waals surface area contributed by atoms with Crippen molar-refractivity contribution in [3.63, 3.8) is 0 Å². The minimum atomic E-state index is -0.725. The Balaban J connectivity index is 1.61. The van der Waals surface area contributed by atoms with Gasteiger partial charge in [-0.2, -0.15) is 0 Å². The summed E-state index contributed by atoms with van der Waals surface area (Å²) in [5, 5.41) is 12.9. The van der Waals surface area contributed by atoms with Crippen LogP contribution in [0.4, 0.5) is 0 Å². The molecule has 4 rings (SSSR count). The minimum absolute atomic E-state index is 0.703. The molecular weight excluding hydrogens is 306 g/mol. The normalized spacial score (nSPS) is 12.2. The van der Waals surface area contributed by atoms with E-state index in [9.17, 15) is 5.11 Å². The summed E-state index contributed by atoms with van der Waals surface area (Å²) in [5.41, 5.74) is 4.08. The number of rotatable bonds is 4. The molecule has 0 fully saturated rings. The molecule has 0 aliphatic heterocycles. The Morgan fingerprint density at radius 1 is 0.720 bits per heavy atom. The van der Waals surface area contributed by atoms with Crippen LogP contribution in [0.1, 0.15) is 28.5 Å². The molecule has 122 valence electrons. The fourth-order valence-electron chi connectivity index (χ4n) is 3.17. The highest BCUT2D eigenvalue weighted by molar-refractivity contribution is 5.84. The van der Waals surface area contributed by atoms with Gasteiger partial charge in [-0.25, -0.2) is 0 Å². The number of aromatic nitrogens is 1. The van der Waals surface area contributed by atoms with Crippen LogP contribution in [0.3, 0.4) is 0 Å². The Hall–Kier alpha value is -2.97. The second kappa shape index (κ2) is 6.88. The zero-order valence-electron chi connectivity index (χ0n) is 13.8. The van der Waals surface area contributed by atoms with Crippen molar-refractivity contribution >= 4 is 10.8 Å². The third kappa shape index (κ3) is 3.30. The molecular formula is C23H19NO. The first kappa shape index (κ1) is 15.6. The molecule has 25 heavy (non-hydrogen) atoms. The Kier molecular flexibility index (Phi) is 4.28. The van der Waals surface area contributed by atoms with E-state index in [4.69, 9.17) is 0 Å². The number of benzene rings is 3. The largest absolute Gasteiger partial charge is 0.382 e. The van der Waals surface area contributed by atoms with Crippen LogP contribution in [0.5, 0.6) is 0 Å². The van der Waals surface area contributed by atoms with Gasteiger partial charge in [0.25, 0.3) is 0 Å². The first-order valence-corrected chi connectivity index (χ1v) is 8.46. The van der Waals surface area contributed by atoms with Crippen LogP contribution in [0.2, 0.25) is 0 Å². The molecule has 2 nitrogen and oxygen atoms in total. The van der Waals surface area contributed by atoms with Crippen molar-refractivity contribution < 1.29 is 5.11 Å². The van der Waals surface area contributed by atoms with E-state index < -0.39 is 6.10 Å². The quantitative estimate of drug-likeness (QED) is 0.578. The summed E-state index contributed by atoms with van der Waals surface area (Å²) in [4.78, 5) is 4.42. The number of hydrogen-bond acceptors (Lipinski definition) is 2. The second-order valence-corrected chi connectivity index (χ2v) is 6.22. The van der Waals surface area contributed by atoms with Gasteiger partial charge in [0.05, 0.1) is 5.69 Å². The van der Waals surface area contributed by atoms with Crippen molar-refractivity contribution in [2.45, 2.75) is 12.5 Å². The van der Waals surface area contributed by atoms with E-state index in [1.54, 1.807) is 6.20 Å². The molecule has 2 heteroatoms. The topological polar surface area (TPSA) is 33.1 Å². The van der Waals surface area contributed by atoms with Crippen LogP contribution in [0, 0.1) is 0 Å². The molecule has 0 aliphatic carbocycles. The molecule has 3 aromatic carbocycles. The van der Waals surface area contributed by atoms with Crippen LogP contribution < -0.4 is 0 Å². The SMILES string of the molecule is OC(c1ccc(Cc2ccccc2)cc1)c1nccc2ccccc12. The highest BCUT2D eigenvalue weighted by Crippen LogP contribution is 2.27. The first-order chi connectivity index (χ1) is 12.3. The summed E-state index contributed by atoms with van der Waals surface area (Å²) in [6.45, 7) is 0. The van der Waals surface area contributed by atoms with Crippen LogP contribution in [-0.4, -0.2) is 10.1 Å². The molecule has 1 N–H and O–H groups in total. The summed E-state index contributed by atoms with van der Waals surface area (Å²) >= 11 is 0. The zero-order valence-corrected chi connectivity index (χ0v) is 13.8. The Bertz CT molecular complexity index is 972. The van der Waals surface area contributed by atoms with Gasteiger partial charge in [-0.3, -0.25) is 4.98 Å². The summed E-state index contributed by atoms with van der Waals surface area (Å²) < 4.78 is 0. The van der Waals surface area contributed by atoms with E-state index in [1.807, 2.05) is 48.5 Å². The number of aliphatic hydroxyl groups is 1. The third-order valence-electron chi connectivity index (χ3n) is 4.51. The van der Waals surface area contributed by atoms with Crippen molar-refractivity contribution in [3.05, 3.63) is 114 Å². The molecule has 1 aromatic heterocycles. The number of aliphatic hydroxyl groups excluding tert-OH is 1. The number of nitrogens with zero attached hydrogens (tertiary/aromatic N) is 1. The molecule has 4 aromatic rings.